The van der Waals surface area contributed by atoms with E-state index >= 15 is 0 Å². The molecule has 168 valence electrons. The summed E-state index contributed by atoms with van der Waals surface area (Å²) in [6, 6.07) is 6.89. The Bertz CT molecular complexity index is 1010. The fourth-order valence-corrected chi connectivity index (χ4v) is 5.17. The van der Waals surface area contributed by atoms with Crippen LogP contribution in [0.15, 0.2) is 24.4 Å². The highest BCUT2D eigenvalue weighted by Crippen LogP contribution is 2.40. The van der Waals surface area contributed by atoms with Gasteiger partial charge in [0, 0.05) is 30.5 Å². The first-order valence-corrected chi connectivity index (χ1v) is 12.3. The SMILES string of the molecule is CCC(CC)Nc1cc(NC(C)(C)C)nc2cc(-c3ccnn3C3CCCCO3)sc12. The van der Waals surface area contributed by atoms with Gasteiger partial charge in [0.15, 0.2) is 6.23 Å². The van der Waals surface area contributed by atoms with E-state index in [0.29, 0.717) is 6.04 Å². The lowest BCUT2D eigenvalue weighted by atomic mass is 10.1. The average molecular weight is 442 g/mol. The number of ether oxygens (including phenoxy) is 1. The van der Waals surface area contributed by atoms with Gasteiger partial charge in [0.25, 0.3) is 0 Å². The molecular formula is C24H35N5OS. The molecule has 3 aromatic heterocycles. The lowest BCUT2D eigenvalue weighted by Gasteiger charge is -2.24. The van der Waals surface area contributed by atoms with Gasteiger partial charge >= 0.3 is 0 Å². The van der Waals surface area contributed by atoms with Crippen molar-refractivity contribution < 1.29 is 4.74 Å². The lowest BCUT2D eigenvalue weighted by Crippen LogP contribution is -2.26. The molecule has 0 aliphatic carbocycles. The maximum absolute atomic E-state index is 6.01. The van der Waals surface area contributed by atoms with Crippen LogP contribution < -0.4 is 10.6 Å². The minimum absolute atomic E-state index is 0.0252. The summed E-state index contributed by atoms with van der Waals surface area (Å²) < 4.78 is 9.25. The second kappa shape index (κ2) is 9.17. The molecule has 1 aliphatic rings. The first-order valence-electron chi connectivity index (χ1n) is 11.5. The highest BCUT2D eigenvalue weighted by atomic mass is 32.1. The monoisotopic (exact) mass is 441 g/mol. The molecule has 1 fully saturated rings. The molecular weight excluding hydrogens is 406 g/mol. The van der Waals surface area contributed by atoms with Crippen molar-refractivity contribution >= 4 is 33.1 Å². The third-order valence-corrected chi connectivity index (χ3v) is 6.86. The molecule has 1 atom stereocenters. The molecule has 31 heavy (non-hydrogen) atoms. The number of anilines is 2. The Morgan fingerprint density at radius 2 is 2.03 bits per heavy atom. The van der Waals surface area contributed by atoms with Gasteiger partial charge in [-0.15, -0.1) is 11.3 Å². The Morgan fingerprint density at radius 1 is 1.23 bits per heavy atom. The molecule has 0 aromatic carbocycles. The van der Waals surface area contributed by atoms with E-state index in [2.05, 4.69) is 68.6 Å². The van der Waals surface area contributed by atoms with Crippen molar-refractivity contribution in [3.63, 3.8) is 0 Å². The molecule has 0 saturated carbocycles. The van der Waals surface area contributed by atoms with Crippen molar-refractivity contribution in [2.24, 2.45) is 0 Å². The van der Waals surface area contributed by atoms with E-state index in [-0.39, 0.29) is 11.8 Å². The topological polar surface area (TPSA) is 64.0 Å². The summed E-state index contributed by atoms with van der Waals surface area (Å²) in [7, 11) is 0. The second-order valence-electron chi connectivity index (χ2n) is 9.40. The number of nitrogens with one attached hydrogen (secondary N) is 2. The Balaban J connectivity index is 1.76. The van der Waals surface area contributed by atoms with Crippen LogP contribution in [0.3, 0.4) is 0 Å². The Kier molecular flexibility index (Phi) is 6.53. The number of aromatic nitrogens is 3. The Labute approximate surface area is 189 Å². The summed E-state index contributed by atoms with van der Waals surface area (Å²) in [5, 5.41) is 11.9. The first-order chi connectivity index (χ1) is 14.9. The minimum Gasteiger partial charge on any atom is -0.381 e. The summed E-state index contributed by atoms with van der Waals surface area (Å²) in [5.74, 6) is 0.905. The maximum Gasteiger partial charge on any atom is 0.150 e. The second-order valence-corrected chi connectivity index (χ2v) is 10.4. The standard InChI is InChI=1S/C24H35N5OS/c1-6-16(7-2)26-18-15-21(28-24(3,4)5)27-17-14-20(31-23(17)18)19-11-12-25-29(19)22-10-8-9-13-30-22/h11-12,14-16,22H,6-10,13H2,1-5H3,(H2,26,27,28). The average Bonchev–Trinajstić information content (AvgIpc) is 3.38. The van der Waals surface area contributed by atoms with E-state index in [0.717, 1.165) is 55.0 Å². The molecule has 6 nitrogen and oxygen atoms in total. The number of rotatable bonds is 7. The Morgan fingerprint density at radius 3 is 2.71 bits per heavy atom. The predicted octanol–water partition coefficient (Wildman–Crippen LogP) is 6.67. The fraction of sp³-hybridized carbons (Fsp3) is 0.583. The van der Waals surface area contributed by atoms with Gasteiger partial charge in [-0.2, -0.15) is 5.10 Å². The van der Waals surface area contributed by atoms with Crippen LogP contribution >= 0.6 is 11.3 Å². The summed E-state index contributed by atoms with van der Waals surface area (Å²) in [5.41, 5.74) is 3.22. The molecule has 0 bridgehead atoms. The van der Waals surface area contributed by atoms with E-state index in [1.54, 1.807) is 11.3 Å². The van der Waals surface area contributed by atoms with Crippen molar-refractivity contribution in [3.8, 4) is 10.6 Å². The van der Waals surface area contributed by atoms with E-state index in [4.69, 9.17) is 9.72 Å². The highest BCUT2D eigenvalue weighted by Gasteiger charge is 2.22. The molecule has 2 N–H and O–H groups in total. The quantitative estimate of drug-likeness (QED) is 0.429. The molecule has 0 radical (unpaired) electrons. The van der Waals surface area contributed by atoms with E-state index < -0.39 is 0 Å². The van der Waals surface area contributed by atoms with Crippen molar-refractivity contribution in [1.29, 1.82) is 0 Å². The highest BCUT2D eigenvalue weighted by molar-refractivity contribution is 7.22. The van der Waals surface area contributed by atoms with Gasteiger partial charge in [-0.3, -0.25) is 0 Å². The molecule has 1 saturated heterocycles. The number of fused-ring (bicyclic) bond motifs is 1. The number of hydrogen-bond donors (Lipinski definition) is 2. The zero-order chi connectivity index (χ0) is 22.0. The molecule has 1 aliphatic heterocycles. The van der Waals surface area contributed by atoms with Crippen LogP contribution in [0.5, 0.6) is 0 Å². The predicted molar refractivity (Wildman–Crippen MR) is 131 cm³/mol. The largest absolute Gasteiger partial charge is 0.381 e. The molecule has 0 amide bonds. The lowest BCUT2D eigenvalue weighted by molar-refractivity contribution is -0.0383. The first kappa shape index (κ1) is 22.1. The summed E-state index contributed by atoms with van der Waals surface area (Å²) in [6.07, 6.45) is 7.41. The zero-order valence-electron chi connectivity index (χ0n) is 19.4. The fourth-order valence-electron chi connectivity index (χ4n) is 4.07. The molecule has 7 heteroatoms. The normalized spacial score (nSPS) is 17.4. The van der Waals surface area contributed by atoms with E-state index in [1.807, 2.05) is 10.9 Å². The number of pyridine rings is 1. The number of hydrogen-bond acceptors (Lipinski definition) is 6. The molecule has 0 spiro atoms. The molecule has 1 unspecified atom stereocenters. The summed E-state index contributed by atoms with van der Waals surface area (Å²) >= 11 is 1.78. The van der Waals surface area contributed by atoms with Crippen LogP contribution in [0, 0.1) is 0 Å². The van der Waals surface area contributed by atoms with Crippen LogP contribution in [0.1, 0.15) is 73.0 Å². The third-order valence-electron chi connectivity index (χ3n) is 5.68. The van der Waals surface area contributed by atoms with Gasteiger partial charge in [0.1, 0.15) is 5.82 Å². The Hall–Kier alpha value is -2.12. The van der Waals surface area contributed by atoms with Gasteiger partial charge in [-0.05, 0) is 65.0 Å². The van der Waals surface area contributed by atoms with Gasteiger partial charge < -0.3 is 15.4 Å². The molecule has 4 heterocycles. The van der Waals surface area contributed by atoms with Crippen molar-refractivity contribution in [1.82, 2.24) is 14.8 Å². The van der Waals surface area contributed by atoms with Crippen LogP contribution in [0.25, 0.3) is 20.8 Å². The molecule has 3 aromatic rings. The zero-order valence-corrected chi connectivity index (χ0v) is 20.2. The van der Waals surface area contributed by atoms with Crippen LogP contribution in [0.4, 0.5) is 11.5 Å². The van der Waals surface area contributed by atoms with Gasteiger partial charge in [0.2, 0.25) is 0 Å². The van der Waals surface area contributed by atoms with Crippen molar-refractivity contribution in [2.45, 2.75) is 84.5 Å². The van der Waals surface area contributed by atoms with Crippen molar-refractivity contribution in [3.05, 3.63) is 24.4 Å². The number of thiophene rings is 1. The third kappa shape index (κ3) is 5.04. The van der Waals surface area contributed by atoms with Gasteiger partial charge in [0.05, 0.1) is 26.5 Å². The minimum atomic E-state index is -0.0529. The van der Waals surface area contributed by atoms with E-state index in [9.17, 15) is 0 Å². The van der Waals surface area contributed by atoms with Crippen LogP contribution in [0.2, 0.25) is 0 Å². The van der Waals surface area contributed by atoms with Gasteiger partial charge in [-0.1, -0.05) is 13.8 Å². The summed E-state index contributed by atoms with van der Waals surface area (Å²) in [6.45, 7) is 11.8. The van der Waals surface area contributed by atoms with Gasteiger partial charge in [-0.25, -0.2) is 9.67 Å². The van der Waals surface area contributed by atoms with Crippen LogP contribution in [-0.2, 0) is 4.74 Å². The van der Waals surface area contributed by atoms with E-state index in [1.165, 1.54) is 16.0 Å². The molecule has 4 rings (SSSR count). The number of nitrogens with zero attached hydrogens (tertiary/aromatic N) is 3. The van der Waals surface area contributed by atoms with Crippen molar-refractivity contribution in [2.75, 3.05) is 17.2 Å². The smallest absolute Gasteiger partial charge is 0.150 e. The summed E-state index contributed by atoms with van der Waals surface area (Å²) in [4.78, 5) is 6.13. The van der Waals surface area contributed by atoms with Crippen LogP contribution in [-0.4, -0.2) is 33.0 Å². The maximum atomic E-state index is 6.01.